The zero-order valence-electron chi connectivity index (χ0n) is 21.0. The second-order valence-electron chi connectivity index (χ2n) is 10.3. The summed E-state index contributed by atoms with van der Waals surface area (Å²) < 4.78 is 10.6. The molecule has 1 unspecified atom stereocenters. The fourth-order valence-corrected chi connectivity index (χ4v) is 4.13. The van der Waals surface area contributed by atoms with Crippen molar-refractivity contribution in [2.75, 3.05) is 43.1 Å². The van der Waals surface area contributed by atoms with Gasteiger partial charge in [0.2, 0.25) is 11.8 Å². The lowest BCUT2D eigenvalue weighted by Gasteiger charge is -2.42. The maximum Gasteiger partial charge on any atom is 0.338 e. The van der Waals surface area contributed by atoms with Gasteiger partial charge in [0.25, 0.3) is 0 Å². The predicted molar refractivity (Wildman–Crippen MR) is 137 cm³/mol. The summed E-state index contributed by atoms with van der Waals surface area (Å²) in [6.45, 7) is 8.69. The van der Waals surface area contributed by atoms with E-state index in [1.54, 1.807) is 49.9 Å². The van der Waals surface area contributed by atoms with Gasteiger partial charge < -0.3 is 25.4 Å². The van der Waals surface area contributed by atoms with Gasteiger partial charge in [-0.05, 0) is 69.2 Å². The Morgan fingerprint density at radius 3 is 2.31 bits per heavy atom. The minimum Gasteiger partial charge on any atom is -0.456 e. The lowest BCUT2D eigenvalue weighted by atomic mass is 10.0. The molecule has 2 saturated heterocycles. The Morgan fingerprint density at radius 2 is 1.75 bits per heavy atom. The molecule has 36 heavy (non-hydrogen) atoms. The summed E-state index contributed by atoms with van der Waals surface area (Å²) in [5, 5.41) is 2.79. The van der Waals surface area contributed by atoms with Crippen LogP contribution in [0.25, 0.3) is 0 Å². The van der Waals surface area contributed by atoms with E-state index in [1.807, 2.05) is 24.3 Å². The second-order valence-corrected chi connectivity index (χ2v) is 10.3. The van der Waals surface area contributed by atoms with Crippen LogP contribution in [0.4, 0.5) is 11.4 Å². The first-order chi connectivity index (χ1) is 17.1. The summed E-state index contributed by atoms with van der Waals surface area (Å²) in [6.07, 6.45) is 0.353. The van der Waals surface area contributed by atoms with Crippen LogP contribution in [0.2, 0.25) is 0 Å². The van der Waals surface area contributed by atoms with Crippen molar-refractivity contribution in [1.82, 2.24) is 4.90 Å². The fraction of sp³-hybridized carbons (Fsp3) is 0.444. The lowest BCUT2D eigenvalue weighted by molar-refractivity contribution is -0.127. The molecule has 1 atom stereocenters. The molecule has 0 radical (unpaired) electrons. The monoisotopic (exact) mass is 494 g/mol. The molecule has 192 valence electrons. The van der Waals surface area contributed by atoms with Crippen LogP contribution in [0.5, 0.6) is 0 Å². The maximum absolute atomic E-state index is 12.6. The summed E-state index contributed by atoms with van der Waals surface area (Å²) >= 11 is 0. The third kappa shape index (κ3) is 6.48. The molecule has 3 N–H and O–H groups in total. The topological polar surface area (TPSA) is 114 Å². The Morgan fingerprint density at radius 1 is 1.08 bits per heavy atom. The van der Waals surface area contributed by atoms with Gasteiger partial charge in [-0.3, -0.25) is 14.5 Å². The van der Waals surface area contributed by atoms with E-state index in [2.05, 4.69) is 10.2 Å². The second kappa shape index (κ2) is 10.8. The number of nitrogens with zero attached hydrogens (tertiary/aromatic N) is 2. The smallest absolute Gasteiger partial charge is 0.338 e. The highest BCUT2D eigenvalue weighted by Gasteiger charge is 2.33. The molecule has 0 saturated carbocycles. The van der Waals surface area contributed by atoms with Crippen LogP contribution in [-0.4, -0.2) is 73.2 Å². The first kappa shape index (κ1) is 25.8. The van der Waals surface area contributed by atoms with E-state index in [9.17, 15) is 14.4 Å². The third-order valence-corrected chi connectivity index (χ3v) is 6.21. The number of ether oxygens (including phenoxy) is 2. The standard InChI is InChI=1S/C27H34N4O5/c1-27(2,3)36-26(34)19-6-8-20(9-7-19)29-25(33)23(28)14-18-4-10-21(11-5-18)31-13-12-30(15-24(31)32)22-16-35-17-22/h4-11,22-23H,12-17,28H2,1-3H3,(H,29,33). The van der Waals surface area contributed by atoms with Gasteiger partial charge in [-0.1, -0.05) is 12.1 Å². The van der Waals surface area contributed by atoms with Crippen molar-refractivity contribution < 1.29 is 23.9 Å². The lowest BCUT2D eigenvalue weighted by Crippen LogP contribution is -2.58. The number of nitrogens with one attached hydrogen (secondary N) is 1. The minimum atomic E-state index is -0.753. The molecule has 2 aromatic carbocycles. The highest BCUT2D eigenvalue weighted by Crippen LogP contribution is 2.21. The average molecular weight is 495 g/mol. The van der Waals surface area contributed by atoms with Gasteiger partial charge >= 0.3 is 5.97 Å². The SMILES string of the molecule is CC(C)(C)OC(=O)c1ccc(NC(=O)C(N)Cc2ccc(N3CCN(C4COC4)CC3=O)cc2)cc1. The molecule has 2 aliphatic rings. The number of benzene rings is 2. The molecule has 0 aromatic heterocycles. The molecule has 0 bridgehead atoms. The molecule has 0 aliphatic carbocycles. The summed E-state index contributed by atoms with van der Waals surface area (Å²) in [5.41, 5.74) is 8.26. The third-order valence-electron chi connectivity index (χ3n) is 6.21. The number of piperazine rings is 1. The summed E-state index contributed by atoms with van der Waals surface area (Å²) in [4.78, 5) is 41.4. The van der Waals surface area contributed by atoms with E-state index in [0.29, 0.717) is 50.0 Å². The van der Waals surface area contributed by atoms with Gasteiger partial charge in [0, 0.05) is 24.5 Å². The van der Waals surface area contributed by atoms with E-state index in [1.165, 1.54) is 0 Å². The molecule has 9 nitrogen and oxygen atoms in total. The summed E-state index contributed by atoms with van der Waals surface area (Å²) in [5.74, 6) is -0.665. The number of hydrogen-bond donors (Lipinski definition) is 2. The van der Waals surface area contributed by atoms with Crippen molar-refractivity contribution in [2.45, 2.75) is 44.9 Å². The summed E-state index contributed by atoms with van der Waals surface area (Å²) in [7, 11) is 0. The van der Waals surface area contributed by atoms with Crippen LogP contribution in [0.15, 0.2) is 48.5 Å². The van der Waals surface area contributed by atoms with Crippen LogP contribution in [0, 0.1) is 0 Å². The quantitative estimate of drug-likeness (QED) is 0.567. The molecule has 2 amide bonds. The molecule has 9 heteroatoms. The predicted octanol–water partition coefficient (Wildman–Crippen LogP) is 2.20. The van der Waals surface area contributed by atoms with E-state index in [0.717, 1.165) is 17.8 Å². The van der Waals surface area contributed by atoms with Crippen molar-refractivity contribution >= 4 is 29.2 Å². The van der Waals surface area contributed by atoms with Gasteiger partial charge in [0.1, 0.15) is 5.60 Å². The van der Waals surface area contributed by atoms with Crippen molar-refractivity contribution in [3.05, 3.63) is 59.7 Å². The maximum atomic E-state index is 12.6. The number of esters is 1. The zero-order chi connectivity index (χ0) is 25.9. The van der Waals surface area contributed by atoms with E-state index >= 15 is 0 Å². The highest BCUT2D eigenvalue weighted by atomic mass is 16.6. The molecule has 0 spiro atoms. The molecular formula is C27H34N4O5. The molecule has 2 fully saturated rings. The van der Waals surface area contributed by atoms with Crippen molar-refractivity contribution in [1.29, 1.82) is 0 Å². The number of hydrogen-bond acceptors (Lipinski definition) is 7. The summed E-state index contributed by atoms with van der Waals surface area (Å²) in [6, 6.07) is 13.7. The van der Waals surface area contributed by atoms with Crippen molar-refractivity contribution in [3.8, 4) is 0 Å². The molecule has 2 aromatic rings. The number of rotatable bonds is 7. The van der Waals surface area contributed by atoms with Crippen LogP contribution < -0.4 is 16.0 Å². The average Bonchev–Trinajstić information content (AvgIpc) is 2.78. The van der Waals surface area contributed by atoms with Crippen LogP contribution in [0.3, 0.4) is 0 Å². The van der Waals surface area contributed by atoms with Gasteiger partial charge in [-0.15, -0.1) is 0 Å². The van der Waals surface area contributed by atoms with Crippen LogP contribution in [0.1, 0.15) is 36.7 Å². The molecule has 2 aliphatic heterocycles. The van der Waals surface area contributed by atoms with Gasteiger partial charge in [0.15, 0.2) is 0 Å². The zero-order valence-corrected chi connectivity index (χ0v) is 21.0. The van der Waals surface area contributed by atoms with Gasteiger partial charge in [-0.25, -0.2) is 4.79 Å². The fourth-order valence-electron chi connectivity index (χ4n) is 4.13. The largest absolute Gasteiger partial charge is 0.456 e. The molecule has 2 heterocycles. The number of carbonyl (C=O) groups is 3. The molecular weight excluding hydrogens is 460 g/mol. The van der Waals surface area contributed by atoms with E-state index < -0.39 is 17.6 Å². The van der Waals surface area contributed by atoms with Crippen molar-refractivity contribution in [2.24, 2.45) is 5.73 Å². The van der Waals surface area contributed by atoms with Gasteiger partial charge in [0.05, 0.1) is 37.4 Å². The first-order valence-corrected chi connectivity index (χ1v) is 12.2. The van der Waals surface area contributed by atoms with E-state index in [4.69, 9.17) is 15.2 Å². The Balaban J connectivity index is 1.28. The number of anilines is 2. The van der Waals surface area contributed by atoms with Crippen LogP contribution >= 0.6 is 0 Å². The normalized spacial score (nSPS) is 17.9. The molecule has 4 rings (SSSR count). The number of amides is 2. The minimum absolute atomic E-state index is 0.0784. The van der Waals surface area contributed by atoms with Crippen molar-refractivity contribution in [3.63, 3.8) is 0 Å². The Bertz CT molecular complexity index is 1090. The van der Waals surface area contributed by atoms with Gasteiger partial charge in [-0.2, -0.15) is 0 Å². The number of carbonyl (C=O) groups excluding carboxylic acids is 3. The Labute approximate surface area is 211 Å². The Hall–Kier alpha value is -3.27. The number of nitrogens with two attached hydrogens (primary N) is 1. The highest BCUT2D eigenvalue weighted by molar-refractivity contribution is 5.96. The van der Waals surface area contributed by atoms with E-state index in [-0.39, 0.29) is 11.8 Å². The first-order valence-electron chi connectivity index (χ1n) is 12.2. The Kier molecular flexibility index (Phi) is 7.73. The van der Waals surface area contributed by atoms with Crippen LogP contribution in [-0.2, 0) is 25.5 Å².